The van der Waals surface area contributed by atoms with Gasteiger partial charge >= 0.3 is 0 Å². The fourth-order valence-electron chi connectivity index (χ4n) is 1.98. The lowest BCUT2D eigenvalue weighted by molar-refractivity contribution is 0.437. The van der Waals surface area contributed by atoms with Crippen LogP contribution in [0.4, 0.5) is 0 Å². The molecule has 7 heteroatoms. The van der Waals surface area contributed by atoms with Crippen molar-refractivity contribution in [2.45, 2.75) is 51.1 Å². The standard InChI is InChI=1S/C13H26N4O2S/c1-5-13(11(2)3)16-20(18,19)12-9-15-17(10-12)8-6-7-14-4/h9-11,13-14,16H,5-8H2,1-4H3. The summed E-state index contributed by atoms with van der Waals surface area (Å²) in [6, 6.07) is -0.0485. The number of nitrogens with zero attached hydrogens (tertiary/aromatic N) is 2. The van der Waals surface area contributed by atoms with Gasteiger partial charge in [-0.2, -0.15) is 5.10 Å². The van der Waals surface area contributed by atoms with E-state index in [9.17, 15) is 8.42 Å². The number of aryl methyl sites for hydroxylation is 1. The Bertz CT molecular complexity index is 496. The quantitative estimate of drug-likeness (QED) is 0.672. The molecule has 20 heavy (non-hydrogen) atoms. The first-order valence-electron chi connectivity index (χ1n) is 7.10. The third-order valence-corrected chi connectivity index (χ3v) is 4.73. The van der Waals surface area contributed by atoms with Crippen molar-refractivity contribution >= 4 is 10.0 Å². The van der Waals surface area contributed by atoms with E-state index in [1.807, 2.05) is 27.8 Å². The van der Waals surface area contributed by atoms with Crippen LogP contribution in [0, 0.1) is 5.92 Å². The lowest BCUT2D eigenvalue weighted by Gasteiger charge is -2.19. The van der Waals surface area contributed by atoms with Crippen LogP contribution in [0.2, 0.25) is 0 Å². The number of sulfonamides is 1. The van der Waals surface area contributed by atoms with Crippen LogP contribution in [-0.2, 0) is 16.6 Å². The molecule has 0 aromatic carbocycles. The maximum absolute atomic E-state index is 12.3. The van der Waals surface area contributed by atoms with E-state index in [2.05, 4.69) is 15.1 Å². The van der Waals surface area contributed by atoms with E-state index >= 15 is 0 Å². The molecule has 0 fully saturated rings. The summed E-state index contributed by atoms with van der Waals surface area (Å²) >= 11 is 0. The lowest BCUT2D eigenvalue weighted by atomic mass is 10.0. The Morgan fingerprint density at radius 3 is 2.65 bits per heavy atom. The third-order valence-electron chi connectivity index (χ3n) is 3.28. The number of aromatic nitrogens is 2. The molecule has 0 spiro atoms. The Hall–Kier alpha value is -0.920. The largest absolute Gasteiger partial charge is 0.320 e. The second kappa shape index (κ2) is 7.75. The minimum atomic E-state index is -3.48. The second-order valence-corrected chi connectivity index (χ2v) is 6.99. The van der Waals surface area contributed by atoms with Crippen LogP contribution in [0.15, 0.2) is 17.3 Å². The molecule has 6 nitrogen and oxygen atoms in total. The minimum absolute atomic E-state index is 0.0485. The van der Waals surface area contributed by atoms with Gasteiger partial charge in [-0.3, -0.25) is 4.68 Å². The summed E-state index contributed by atoms with van der Waals surface area (Å²) in [4.78, 5) is 0.237. The Labute approximate surface area is 122 Å². The smallest absolute Gasteiger partial charge is 0.243 e. The van der Waals surface area contributed by atoms with Crippen LogP contribution >= 0.6 is 0 Å². The molecule has 0 aliphatic rings. The fraction of sp³-hybridized carbons (Fsp3) is 0.769. The van der Waals surface area contributed by atoms with E-state index in [4.69, 9.17) is 0 Å². The molecule has 1 aromatic heterocycles. The molecule has 1 heterocycles. The first-order chi connectivity index (χ1) is 9.40. The molecule has 0 aliphatic heterocycles. The summed E-state index contributed by atoms with van der Waals surface area (Å²) in [5, 5.41) is 7.15. The van der Waals surface area contributed by atoms with E-state index in [0.717, 1.165) is 19.4 Å². The maximum atomic E-state index is 12.3. The zero-order chi connectivity index (χ0) is 15.2. The molecule has 2 N–H and O–H groups in total. The molecule has 1 atom stereocenters. The van der Waals surface area contributed by atoms with Crippen molar-refractivity contribution in [3.05, 3.63) is 12.4 Å². The molecule has 0 radical (unpaired) electrons. The average Bonchev–Trinajstić information content (AvgIpc) is 2.85. The lowest BCUT2D eigenvalue weighted by Crippen LogP contribution is -2.37. The number of hydrogen-bond donors (Lipinski definition) is 2. The van der Waals surface area contributed by atoms with Crippen molar-refractivity contribution in [1.29, 1.82) is 0 Å². The molecule has 116 valence electrons. The first-order valence-corrected chi connectivity index (χ1v) is 8.58. The summed E-state index contributed by atoms with van der Waals surface area (Å²) in [6.07, 6.45) is 4.68. The predicted molar refractivity (Wildman–Crippen MR) is 80.0 cm³/mol. The van der Waals surface area contributed by atoms with Gasteiger partial charge in [0.05, 0.1) is 6.20 Å². The van der Waals surface area contributed by atoms with Gasteiger partial charge in [0.2, 0.25) is 10.0 Å². The molecule has 1 rings (SSSR count). The van der Waals surface area contributed by atoms with Gasteiger partial charge in [-0.25, -0.2) is 13.1 Å². The van der Waals surface area contributed by atoms with Gasteiger partial charge in [-0.1, -0.05) is 20.8 Å². The summed E-state index contributed by atoms with van der Waals surface area (Å²) < 4.78 is 29.0. The van der Waals surface area contributed by atoms with Gasteiger partial charge in [0, 0.05) is 18.8 Å². The van der Waals surface area contributed by atoms with Crippen molar-refractivity contribution < 1.29 is 8.42 Å². The van der Waals surface area contributed by atoms with E-state index in [1.165, 1.54) is 6.20 Å². The van der Waals surface area contributed by atoms with Gasteiger partial charge in [0.1, 0.15) is 4.90 Å². The molecule has 0 amide bonds. The van der Waals surface area contributed by atoms with Gasteiger partial charge in [0.15, 0.2) is 0 Å². The molecular weight excluding hydrogens is 276 g/mol. The van der Waals surface area contributed by atoms with E-state index < -0.39 is 10.0 Å². The Kier molecular flexibility index (Phi) is 6.64. The topological polar surface area (TPSA) is 76.0 Å². The van der Waals surface area contributed by atoms with Crippen LogP contribution in [0.5, 0.6) is 0 Å². The highest BCUT2D eigenvalue weighted by molar-refractivity contribution is 7.89. The monoisotopic (exact) mass is 302 g/mol. The third kappa shape index (κ3) is 4.88. The first kappa shape index (κ1) is 17.1. The van der Waals surface area contributed by atoms with Crippen LogP contribution < -0.4 is 10.0 Å². The Balaban J connectivity index is 2.72. The number of hydrogen-bond acceptors (Lipinski definition) is 4. The van der Waals surface area contributed by atoms with E-state index in [0.29, 0.717) is 6.54 Å². The van der Waals surface area contributed by atoms with Crippen LogP contribution in [0.1, 0.15) is 33.6 Å². The summed E-state index contributed by atoms with van der Waals surface area (Å²) in [6.45, 7) is 7.59. The summed E-state index contributed by atoms with van der Waals surface area (Å²) in [5.41, 5.74) is 0. The second-order valence-electron chi connectivity index (χ2n) is 5.28. The van der Waals surface area contributed by atoms with E-state index in [-0.39, 0.29) is 16.9 Å². The maximum Gasteiger partial charge on any atom is 0.243 e. The van der Waals surface area contributed by atoms with Crippen molar-refractivity contribution in [3.8, 4) is 0 Å². The highest BCUT2D eigenvalue weighted by atomic mass is 32.2. The zero-order valence-corrected chi connectivity index (χ0v) is 13.6. The summed E-state index contributed by atoms with van der Waals surface area (Å²) in [5.74, 6) is 0.264. The summed E-state index contributed by atoms with van der Waals surface area (Å²) in [7, 11) is -1.59. The molecule has 0 saturated carbocycles. The van der Waals surface area contributed by atoms with Crippen LogP contribution in [0.25, 0.3) is 0 Å². The average molecular weight is 302 g/mol. The highest BCUT2D eigenvalue weighted by Gasteiger charge is 2.22. The predicted octanol–water partition coefficient (Wildman–Crippen LogP) is 1.21. The molecule has 0 aliphatic carbocycles. The van der Waals surface area contributed by atoms with Gasteiger partial charge in [-0.05, 0) is 32.4 Å². The normalized spacial score (nSPS) is 13.8. The molecule has 1 unspecified atom stereocenters. The van der Waals surface area contributed by atoms with Gasteiger partial charge in [-0.15, -0.1) is 0 Å². The fourth-order valence-corrected chi connectivity index (χ4v) is 3.40. The Morgan fingerprint density at radius 2 is 2.10 bits per heavy atom. The molecule has 0 saturated heterocycles. The van der Waals surface area contributed by atoms with Gasteiger partial charge < -0.3 is 5.32 Å². The number of rotatable bonds is 9. The van der Waals surface area contributed by atoms with Crippen molar-refractivity contribution in [1.82, 2.24) is 19.8 Å². The van der Waals surface area contributed by atoms with Crippen molar-refractivity contribution in [2.75, 3.05) is 13.6 Å². The van der Waals surface area contributed by atoms with Crippen molar-refractivity contribution in [3.63, 3.8) is 0 Å². The van der Waals surface area contributed by atoms with E-state index in [1.54, 1.807) is 10.9 Å². The van der Waals surface area contributed by atoms with Crippen LogP contribution in [0.3, 0.4) is 0 Å². The van der Waals surface area contributed by atoms with Crippen LogP contribution in [-0.4, -0.2) is 37.8 Å². The van der Waals surface area contributed by atoms with Gasteiger partial charge in [0.25, 0.3) is 0 Å². The molecule has 0 bridgehead atoms. The molecule has 1 aromatic rings. The SMILES string of the molecule is CCC(NS(=O)(=O)c1cnn(CCCNC)c1)C(C)C. The minimum Gasteiger partial charge on any atom is -0.320 e. The van der Waals surface area contributed by atoms with Crippen molar-refractivity contribution in [2.24, 2.45) is 5.92 Å². The number of nitrogens with one attached hydrogen (secondary N) is 2. The highest BCUT2D eigenvalue weighted by Crippen LogP contribution is 2.13. The molecular formula is C13H26N4O2S. The Morgan fingerprint density at radius 1 is 1.40 bits per heavy atom. The zero-order valence-electron chi connectivity index (χ0n) is 12.8.